The molecule has 0 bridgehead atoms. The average molecular weight is 338 g/mol. The first-order chi connectivity index (χ1) is 11.3. The molecule has 24 heavy (non-hydrogen) atoms. The first-order valence-corrected chi connectivity index (χ1v) is 7.11. The Hall–Kier alpha value is -2.61. The van der Waals surface area contributed by atoms with Gasteiger partial charge in [0, 0.05) is 11.8 Å². The Morgan fingerprint density at radius 2 is 1.88 bits per heavy atom. The highest BCUT2D eigenvalue weighted by atomic mass is 19.4. The summed E-state index contributed by atoms with van der Waals surface area (Å²) in [5.74, 6) is -0.103. The topological polar surface area (TPSA) is 63.8 Å². The van der Waals surface area contributed by atoms with Crippen molar-refractivity contribution in [2.45, 2.75) is 25.3 Å². The fraction of sp³-hybridized carbons (Fsp3) is 0.250. The van der Waals surface area contributed by atoms with Crippen LogP contribution in [0.2, 0.25) is 0 Å². The van der Waals surface area contributed by atoms with E-state index in [-0.39, 0.29) is 17.9 Å². The highest BCUT2D eigenvalue weighted by Gasteiger charge is 2.41. The summed E-state index contributed by atoms with van der Waals surface area (Å²) in [6, 6.07) is 9.62. The quantitative estimate of drug-likeness (QED) is 0.865. The average Bonchev–Trinajstić information content (AvgIpc) is 3.26. The van der Waals surface area contributed by atoms with Crippen molar-refractivity contribution in [3.63, 3.8) is 0 Å². The van der Waals surface area contributed by atoms with Gasteiger partial charge in [-0.3, -0.25) is 4.79 Å². The van der Waals surface area contributed by atoms with E-state index >= 15 is 0 Å². The van der Waals surface area contributed by atoms with Crippen molar-refractivity contribution in [2.75, 3.05) is 5.32 Å². The molecule has 1 aromatic carbocycles. The maximum atomic E-state index is 12.6. The summed E-state index contributed by atoms with van der Waals surface area (Å²) >= 11 is 0. The molecular formula is C16H13F3N2O3. The predicted molar refractivity (Wildman–Crippen MR) is 78.7 cm³/mol. The van der Waals surface area contributed by atoms with Crippen LogP contribution in [0.5, 0.6) is 11.6 Å². The van der Waals surface area contributed by atoms with Gasteiger partial charge in [0.05, 0.1) is 6.10 Å². The molecule has 126 valence electrons. The molecular weight excluding hydrogens is 325 g/mol. The number of aromatic nitrogens is 1. The van der Waals surface area contributed by atoms with Crippen LogP contribution in [0.1, 0.15) is 12.6 Å². The second kappa shape index (κ2) is 6.12. The molecule has 1 aliphatic rings. The van der Waals surface area contributed by atoms with Crippen LogP contribution in [0, 0.1) is 0 Å². The summed E-state index contributed by atoms with van der Waals surface area (Å²) in [5.41, 5.74) is -0.491. The largest absolute Gasteiger partial charge is 0.439 e. The molecule has 1 aliphatic heterocycles. The van der Waals surface area contributed by atoms with Crippen LogP contribution in [0.4, 0.5) is 18.9 Å². The Labute approximate surface area is 135 Å². The highest BCUT2D eigenvalue weighted by molar-refractivity contribution is 5.96. The van der Waals surface area contributed by atoms with Gasteiger partial charge in [-0.1, -0.05) is 6.07 Å². The molecule has 1 N–H and O–H groups in total. The second-order valence-electron chi connectivity index (χ2n) is 5.24. The van der Waals surface area contributed by atoms with Crippen molar-refractivity contribution in [1.29, 1.82) is 0 Å². The van der Waals surface area contributed by atoms with Crippen LogP contribution in [-0.2, 0) is 15.7 Å². The number of carbonyl (C=O) groups is 1. The standard InChI is InChI=1S/C16H13F3N2O3/c1-9-14(23-9)15(22)20-10-5-7-11(8-6-10)24-13-4-2-3-12(21-13)16(17,18)19/h2-9,14H,1H3,(H,20,22)/t9-,14+/m0/s1. The molecule has 2 heterocycles. The minimum Gasteiger partial charge on any atom is -0.439 e. The summed E-state index contributed by atoms with van der Waals surface area (Å²) in [6.07, 6.45) is -5.05. The number of halogens is 3. The van der Waals surface area contributed by atoms with Gasteiger partial charge >= 0.3 is 6.18 Å². The van der Waals surface area contributed by atoms with Crippen molar-refractivity contribution in [3.8, 4) is 11.6 Å². The fourth-order valence-corrected chi connectivity index (χ4v) is 2.03. The molecule has 0 saturated carbocycles. The number of nitrogens with zero attached hydrogens (tertiary/aromatic N) is 1. The minimum atomic E-state index is -4.53. The van der Waals surface area contributed by atoms with Crippen molar-refractivity contribution in [2.24, 2.45) is 0 Å². The fourth-order valence-electron chi connectivity index (χ4n) is 2.03. The molecule has 3 rings (SSSR count). The molecule has 1 amide bonds. The Morgan fingerprint density at radius 3 is 2.46 bits per heavy atom. The zero-order valence-electron chi connectivity index (χ0n) is 12.5. The maximum Gasteiger partial charge on any atom is 0.433 e. The molecule has 0 spiro atoms. The summed E-state index contributed by atoms with van der Waals surface area (Å²) in [4.78, 5) is 15.1. The van der Waals surface area contributed by atoms with Gasteiger partial charge in [0.25, 0.3) is 5.91 Å². The van der Waals surface area contributed by atoms with Crippen molar-refractivity contribution in [3.05, 3.63) is 48.2 Å². The van der Waals surface area contributed by atoms with Crippen molar-refractivity contribution < 1.29 is 27.4 Å². The van der Waals surface area contributed by atoms with Crippen molar-refractivity contribution in [1.82, 2.24) is 4.98 Å². The first kappa shape index (κ1) is 16.3. The number of carbonyl (C=O) groups excluding carboxylic acids is 1. The summed E-state index contributed by atoms with van der Waals surface area (Å²) in [7, 11) is 0. The molecule has 0 aliphatic carbocycles. The lowest BCUT2D eigenvalue weighted by atomic mass is 10.2. The number of ether oxygens (including phenoxy) is 2. The molecule has 0 unspecified atom stereocenters. The van der Waals surface area contributed by atoms with Crippen LogP contribution >= 0.6 is 0 Å². The van der Waals surface area contributed by atoms with E-state index in [1.807, 2.05) is 0 Å². The van der Waals surface area contributed by atoms with E-state index in [1.54, 1.807) is 19.1 Å². The molecule has 1 fully saturated rings. The van der Waals surface area contributed by atoms with Gasteiger partial charge in [0.15, 0.2) is 6.10 Å². The van der Waals surface area contributed by atoms with E-state index in [0.29, 0.717) is 11.4 Å². The number of hydrogen-bond acceptors (Lipinski definition) is 4. The number of anilines is 1. The number of pyridine rings is 1. The number of amides is 1. The third-order valence-electron chi connectivity index (χ3n) is 3.33. The van der Waals surface area contributed by atoms with E-state index in [0.717, 1.165) is 6.07 Å². The normalized spacial score (nSPS) is 19.7. The Kier molecular flexibility index (Phi) is 4.15. The third-order valence-corrected chi connectivity index (χ3v) is 3.33. The molecule has 0 radical (unpaired) electrons. The first-order valence-electron chi connectivity index (χ1n) is 7.11. The van der Waals surface area contributed by atoms with Gasteiger partial charge in [-0.15, -0.1) is 0 Å². The lowest BCUT2D eigenvalue weighted by Gasteiger charge is -2.09. The van der Waals surface area contributed by atoms with Crippen molar-refractivity contribution >= 4 is 11.6 Å². The third kappa shape index (κ3) is 3.83. The van der Waals surface area contributed by atoms with Gasteiger partial charge < -0.3 is 14.8 Å². The molecule has 1 aromatic heterocycles. The van der Waals surface area contributed by atoms with Crippen LogP contribution in [0.3, 0.4) is 0 Å². The number of epoxide rings is 1. The van der Waals surface area contributed by atoms with E-state index in [9.17, 15) is 18.0 Å². The number of rotatable bonds is 4. The summed E-state index contributed by atoms with van der Waals surface area (Å²) in [5, 5.41) is 2.67. The maximum absolute atomic E-state index is 12.6. The van der Waals surface area contributed by atoms with Gasteiger partial charge in [-0.2, -0.15) is 13.2 Å². The lowest BCUT2D eigenvalue weighted by molar-refractivity contribution is -0.141. The van der Waals surface area contributed by atoms with Crippen LogP contribution in [-0.4, -0.2) is 23.1 Å². The lowest BCUT2D eigenvalue weighted by Crippen LogP contribution is -2.19. The van der Waals surface area contributed by atoms with Crippen LogP contribution in [0.15, 0.2) is 42.5 Å². The molecule has 2 atom stereocenters. The van der Waals surface area contributed by atoms with E-state index in [2.05, 4.69) is 10.3 Å². The number of hydrogen-bond donors (Lipinski definition) is 1. The van der Waals surface area contributed by atoms with Gasteiger partial charge in [0.2, 0.25) is 5.88 Å². The summed E-state index contributed by atoms with van der Waals surface area (Å²) < 4.78 is 48.2. The van der Waals surface area contributed by atoms with E-state index in [4.69, 9.17) is 9.47 Å². The minimum absolute atomic E-state index is 0.0837. The van der Waals surface area contributed by atoms with E-state index in [1.165, 1.54) is 24.3 Å². The number of benzene rings is 1. The SMILES string of the molecule is C[C@@H]1O[C@H]1C(=O)Nc1ccc(Oc2cccc(C(F)(F)F)n2)cc1. The zero-order valence-corrected chi connectivity index (χ0v) is 12.5. The smallest absolute Gasteiger partial charge is 0.433 e. The zero-order chi connectivity index (χ0) is 17.3. The van der Waals surface area contributed by atoms with Gasteiger partial charge in [-0.25, -0.2) is 4.98 Å². The van der Waals surface area contributed by atoms with E-state index < -0.39 is 18.0 Å². The Morgan fingerprint density at radius 1 is 1.21 bits per heavy atom. The van der Waals surface area contributed by atoms with Crippen LogP contribution < -0.4 is 10.1 Å². The van der Waals surface area contributed by atoms with Gasteiger partial charge in [-0.05, 0) is 37.3 Å². The van der Waals surface area contributed by atoms with Gasteiger partial charge in [0.1, 0.15) is 11.4 Å². The summed E-state index contributed by atoms with van der Waals surface area (Å²) in [6.45, 7) is 1.79. The molecule has 2 aromatic rings. The molecule has 1 saturated heterocycles. The Bertz CT molecular complexity index is 747. The number of nitrogens with one attached hydrogen (secondary N) is 1. The predicted octanol–water partition coefficient (Wildman–Crippen LogP) is 3.62. The second-order valence-corrected chi connectivity index (χ2v) is 5.24. The Balaban J connectivity index is 1.65. The number of alkyl halides is 3. The highest BCUT2D eigenvalue weighted by Crippen LogP contribution is 2.30. The molecule has 5 nitrogen and oxygen atoms in total. The molecule has 8 heteroatoms. The monoisotopic (exact) mass is 338 g/mol. The van der Waals surface area contributed by atoms with Crippen LogP contribution in [0.25, 0.3) is 0 Å².